The number of aromatic amines is 1. The van der Waals surface area contributed by atoms with Gasteiger partial charge in [-0.25, -0.2) is 4.98 Å². The first-order valence-corrected chi connectivity index (χ1v) is 7.55. The number of hydrogen-bond donors (Lipinski definition) is 3. The molecule has 4 N–H and O–H groups in total. The molecule has 0 fully saturated rings. The quantitative estimate of drug-likeness (QED) is 0.649. The molecule has 0 unspecified atom stereocenters. The summed E-state index contributed by atoms with van der Waals surface area (Å²) >= 11 is 1.49. The predicted molar refractivity (Wildman–Crippen MR) is 86.9 cm³/mol. The van der Waals surface area contributed by atoms with Crippen LogP contribution in [0.2, 0.25) is 0 Å². The van der Waals surface area contributed by atoms with Gasteiger partial charge in [0, 0.05) is 10.3 Å². The first kappa shape index (κ1) is 13.6. The van der Waals surface area contributed by atoms with E-state index in [9.17, 15) is 4.79 Å². The molecule has 0 aliphatic carbocycles. The van der Waals surface area contributed by atoms with Gasteiger partial charge in [0.05, 0.1) is 16.9 Å². The Hall–Kier alpha value is -2.34. The summed E-state index contributed by atoms with van der Waals surface area (Å²) in [7, 11) is 0. The zero-order chi connectivity index (χ0) is 15.0. The van der Waals surface area contributed by atoms with Crippen LogP contribution < -0.4 is 11.1 Å². The van der Waals surface area contributed by atoms with E-state index in [0.29, 0.717) is 16.5 Å². The standard InChI is InChI=1S/C15H16N4OS/c1-3-11-8(2)21-15(18-11)19-14(20)12-7-9-5-4-6-10(16)13(9)17-12/h4-7,17H,3,16H2,1-2H3,(H,18,19,20). The molecule has 21 heavy (non-hydrogen) atoms. The van der Waals surface area contributed by atoms with E-state index in [1.54, 1.807) is 12.1 Å². The first-order chi connectivity index (χ1) is 10.1. The number of fused-ring (bicyclic) bond motifs is 1. The van der Waals surface area contributed by atoms with Crippen molar-refractivity contribution in [2.24, 2.45) is 0 Å². The van der Waals surface area contributed by atoms with Crippen molar-refractivity contribution < 1.29 is 4.79 Å². The van der Waals surface area contributed by atoms with Crippen molar-refractivity contribution >= 4 is 39.0 Å². The van der Waals surface area contributed by atoms with Gasteiger partial charge in [-0.3, -0.25) is 10.1 Å². The molecule has 1 aromatic carbocycles. The van der Waals surface area contributed by atoms with Crippen LogP contribution in [0.1, 0.15) is 28.0 Å². The second-order valence-electron chi connectivity index (χ2n) is 4.82. The number of rotatable bonds is 3. The van der Waals surface area contributed by atoms with Crippen molar-refractivity contribution in [1.29, 1.82) is 0 Å². The second kappa shape index (κ2) is 5.21. The third-order valence-corrected chi connectivity index (χ3v) is 4.31. The average Bonchev–Trinajstić information content (AvgIpc) is 3.03. The number of benzene rings is 1. The van der Waals surface area contributed by atoms with E-state index < -0.39 is 0 Å². The Kier molecular flexibility index (Phi) is 3.39. The lowest BCUT2D eigenvalue weighted by atomic mass is 10.2. The minimum Gasteiger partial charge on any atom is -0.397 e. The summed E-state index contributed by atoms with van der Waals surface area (Å²) in [5.74, 6) is -0.206. The molecule has 0 atom stereocenters. The number of nitrogens with one attached hydrogen (secondary N) is 2. The normalized spacial score (nSPS) is 11.0. The molecule has 0 saturated carbocycles. The number of aromatic nitrogens is 2. The highest BCUT2D eigenvalue weighted by Gasteiger charge is 2.13. The summed E-state index contributed by atoms with van der Waals surface area (Å²) in [5, 5.41) is 4.38. The maximum absolute atomic E-state index is 12.3. The SMILES string of the molecule is CCc1nc(NC(=O)c2cc3cccc(N)c3[nH]2)sc1C. The molecule has 108 valence electrons. The van der Waals surface area contributed by atoms with Gasteiger partial charge < -0.3 is 10.7 Å². The fourth-order valence-corrected chi connectivity index (χ4v) is 3.17. The number of anilines is 2. The van der Waals surface area contributed by atoms with Gasteiger partial charge in [-0.2, -0.15) is 0 Å². The van der Waals surface area contributed by atoms with Crippen molar-refractivity contribution in [1.82, 2.24) is 9.97 Å². The number of nitrogens with two attached hydrogens (primary N) is 1. The number of aryl methyl sites for hydroxylation is 2. The molecule has 5 nitrogen and oxygen atoms in total. The van der Waals surface area contributed by atoms with Gasteiger partial charge in [-0.1, -0.05) is 19.1 Å². The van der Waals surface area contributed by atoms with Crippen LogP contribution in [0.4, 0.5) is 10.8 Å². The molecule has 2 heterocycles. The van der Waals surface area contributed by atoms with Crippen LogP contribution in [0, 0.1) is 6.92 Å². The Morgan fingerprint density at radius 2 is 2.29 bits per heavy atom. The molecule has 0 bridgehead atoms. The predicted octanol–water partition coefficient (Wildman–Crippen LogP) is 3.33. The zero-order valence-corrected chi connectivity index (χ0v) is 12.7. The fraction of sp³-hybridized carbons (Fsp3) is 0.200. The summed E-state index contributed by atoms with van der Waals surface area (Å²) in [6.45, 7) is 4.06. The molecule has 2 aromatic heterocycles. The summed E-state index contributed by atoms with van der Waals surface area (Å²) in [4.78, 5) is 20.9. The highest BCUT2D eigenvalue weighted by atomic mass is 32.1. The summed E-state index contributed by atoms with van der Waals surface area (Å²) in [6, 6.07) is 7.38. The van der Waals surface area contributed by atoms with Gasteiger partial charge in [-0.15, -0.1) is 11.3 Å². The Bertz CT molecular complexity index is 818. The molecule has 6 heteroatoms. The molecule has 0 aliphatic rings. The van der Waals surface area contributed by atoms with E-state index in [1.807, 2.05) is 26.0 Å². The number of nitrogens with zero attached hydrogens (tertiary/aromatic N) is 1. The largest absolute Gasteiger partial charge is 0.397 e. The van der Waals surface area contributed by atoms with Crippen molar-refractivity contribution in [3.8, 4) is 0 Å². The molecule has 3 rings (SSSR count). The van der Waals surface area contributed by atoms with Crippen molar-refractivity contribution in [3.63, 3.8) is 0 Å². The van der Waals surface area contributed by atoms with Crippen LogP contribution in [0.5, 0.6) is 0 Å². The Balaban J connectivity index is 1.88. The van der Waals surface area contributed by atoms with E-state index >= 15 is 0 Å². The minimum atomic E-state index is -0.206. The van der Waals surface area contributed by atoms with E-state index in [0.717, 1.165) is 27.9 Å². The van der Waals surface area contributed by atoms with Gasteiger partial charge in [0.1, 0.15) is 5.69 Å². The van der Waals surface area contributed by atoms with Crippen LogP contribution in [0.3, 0.4) is 0 Å². The molecule has 1 amide bonds. The Morgan fingerprint density at radius 1 is 1.48 bits per heavy atom. The van der Waals surface area contributed by atoms with Gasteiger partial charge in [0.15, 0.2) is 5.13 Å². The van der Waals surface area contributed by atoms with Crippen LogP contribution in [0.15, 0.2) is 24.3 Å². The average molecular weight is 300 g/mol. The monoisotopic (exact) mass is 300 g/mol. The smallest absolute Gasteiger partial charge is 0.273 e. The van der Waals surface area contributed by atoms with Crippen LogP contribution >= 0.6 is 11.3 Å². The zero-order valence-electron chi connectivity index (χ0n) is 11.9. The molecule has 0 aliphatic heterocycles. The highest BCUT2D eigenvalue weighted by Crippen LogP contribution is 2.24. The Morgan fingerprint density at radius 3 is 2.95 bits per heavy atom. The highest BCUT2D eigenvalue weighted by molar-refractivity contribution is 7.15. The fourth-order valence-electron chi connectivity index (χ4n) is 2.28. The minimum absolute atomic E-state index is 0.206. The number of H-pyrrole nitrogens is 1. The maximum Gasteiger partial charge on any atom is 0.273 e. The number of amides is 1. The van der Waals surface area contributed by atoms with Crippen molar-refractivity contribution in [2.75, 3.05) is 11.1 Å². The number of para-hydroxylation sites is 1. The van der Waals surface area contributed by atoms with Crippen LogP contribution in [-0.2, 0) is 6.42 Å². The van der Waals surface area contributed by atoms with E-state index in [1.165, 1.54) is 11.3 Å². The lowest BCUT2D eigenvalue weighted by Gasteiger charge is -1.98. The van der Waals surface area contributed by atoms with Gasteiger partial charge in [-0.05, 0) is 25.5 Å². The van der Waals surface area contributed by atoms with Crippen molar-refractivity contribution in [2.45, 2.75) is 20.3 Å². The van der Waals surface area contributed by atoms with Crippen LogP contribution in [0.25, 0.3) is 10.9 Å². The molecule has 0 spiro atoms. The number of thiazole rings is 1. The Labute approximate surface area is 126 Å². The van der Waals surface area contributed by atoms with Gasteiger partial charge in [0.25, 0.3) is 5.91 Å². The molecule has 0 saturated heterocycles. The summed E-state index contributed by atoms with van der Waals surface area (Å²) in [6.07, 6.45) is 0.862. The lowest BCUT2D eigenvalue weighted by Crippen LogP contribution is -2.12. The van der Waals surface area contributed by atoms with E-state index in [2.05, 4.69) is 15.3 Å². The molecule has 3 aromatic rings. The topological polar surface area (TPSA) is 83.8 Å². The number of hydrogen-bond acceptors (Lipinski definition) is 4. The number of nitrogen functional groups attached to an aromatic ring is 1. The first-order valence-electron chi connectivity index (χ1n) is 6.73. The summed E-state index contributed by atoms with van der Waals surface area (Å²) in [5.41, 5.74) is 8.81. The maximum atomic E-state index is 12.3. The van der Waals surface area contributed by atoms with E-state index in [-0.39, 0.29) is 5.91 Å². The summed E-state index contributed by atoms with van der Waals surface area (Å²) < 4.78 is 0. The van der Waals surface area contributed by atoms with E-state index in [4.69, 9.17) is 5.73 Å². The third kappa shape index (κ3) is 2.50. The molecule has 0 radical (unpaired) electrons. The second-order valence-corrected chi connectivity index (χ2v) is 6.03. The van der Waals surface area contributed by atoms with Crippen LogP contribution in [-0.4, -0.2) is 15.9 Å². The lowest BCUT2D eigenvalue weighted by molar-refractivity contribution is 0.102. The molecular formula is C15H16N4OS. The number of carbonyl (C=O) groups excluding carboxylic acids is 1. The van der Waals surface area contributed by atoms with Gasteiger partial charge >= 0.3 is 0 Å². The van der Waals surface area contributed by atoms with Gasteiger partial charge in [0.2, 0.25) is 0 Å². The number of carbonyl (C=O) groups is 1. The molecular weight excluding hydrogens is 284 g/mol. The third-order valence-electron chi connectivity index (χ3n) is 3.38. The van der Waals surface area contributed by atoms with Crippen molar-refractivity contribution in [3.05, 3.63) is 40.5 Å².